The number of carboxylic acid groups (broad SMARTS) is 1. The highest BCUT2D eigenvalue weighted by Gasteiger charge is 2.19. The predicted molar refractivity (Wildman–Crippen MR) is 72.9 cm³/mol. The maximum atomic E-state index is 11.8. The molecule has 0 saturated carbocycles. The second-order valence-electron chi connectivity index (χ2n) is 4.59. The molecule has 1 unspecified atom stereocenters. The molecule has 0 heterocycles. The van der Waals surface area contributed by atoms with E-state index < -0.39 is 12.0 Å². The first-order chi connectivity index (χ1) is 8.93. The maximum Gasteiger partial charge on any atom is 0.326 e. The van der Waals surface area contributed by atoms with Crippen LogP contribution in [-0.4, -0.2) is 35.1 Å². The highest BCUT2D eigenvalue weighted by molar-refractivity contribution is 5.82. The SMILES string of the molecule is CCC(NC(=O)N(C)Cc1ccc(C)cc1)C(=O)O. The number of nitrogens with one attached hydrogen (secondary N) is 1. The first kappa shape index (κ1) is 15.0. The molecule has 1 aromatic carbocycles. The Kier molecular flexibility index (Phi) is 5.36. The molecule has 1 atom stereocenters. The van der Waals surface area contributed by atoms with Crippen LogP contribution in [0.1, 0.15) is 24.5 Å². The second kappa shape index (κ2) is 6.78. The van der Waals surface area contributed by atoms with Gasteiger partial charge in [0.25, 0.3) is 0 Å². The van der Waals surface area contributed by atoms with E-state index in [1.807, 2.05) is 31.2 Å². The van der Waals surface area contributed by atoms with Crippen LogP contribution < -0.4 is 5.32 Å². The summed E-state index contributed by atoms with van der Waals surface area (Å²) in [7, 11) is 1.64. The molecule has 1 rings (SSSR count). The lowest BCUT2D eigenvalue weighted by Gasteiger charge is -2.20. The van der Waals surface area contributed by atoms with Gasteiger partial charge in [-0.15, -0.1) is 0 Å². The van der Waals surface area contributed by atoms with Crippen LogP contribution in [0, 0.1) is 6.92 Å². The summed E-state index contributed by atoms with van der Waals surface area (Å²) in [4.78, 5) is 24.2. The summed E-state index contributed by atoms with van der Waals surface area (Å²) in [6.45, 7) is 4.17. The first-order valence-corrected chi connectivity index (χ1v) is 6.24. The first-order valence-electron chi connectivity index (χ1n) is 6.24. The van der Waals surface area contributed by atoms with Gasteiger partial charge in [0.05, 0.1) is 0 Å². The Hall–Kier alpha value is -2.04. The molecule has 0 aliphatic carbocycles. The molecule has 0 aromatic heterocycles. The lowest BCUT2D eigenvalue weighted by molar-refractivity contribution is -0.139. The van der Waals surface area contributed by atoms with E-state index in [2.05, 4.69) is 5.32 Å². The molecule has 0 saturated heterocycles. The molecule has 0 fully saturated rings. The lowest BCUT2D eigenvalue weighted by Crippen LogP contribution is -2.46. The highest BCUT2D eigenvalue weighted by Crippen LogP contribution is 2.06. The second-order valence-corrected chi connectivity index (χ2v) is 4.59. The van der Waals surface area contributed by atoms with Crippen LogP contribution in [0.15, 0.2) is 24.3 Å². The number of carboxylic acids is 1. The molecule has 0 aliphatic rings. The van der Waals surface area contributed by atoms with E-state index in [9.17, 15) is 9.59 Å². The van der Waals surface area contributed by atoms with Crippen molar-refractivity contribution in [2.75, 3.05) is 7.05 Å². The van der Waals surface area contributed by atoms with Crippen LogP contribution >= 0.6 is 0 Å². The number of hydrogen-bond donors (Lipinski definition) is 2. The number of aliphatic carboxylic acids is 1. The van der Waals surface area contributed by atoms with Gasteiger partial charge >= 0.3 is 12.0 Å². The monoisotopic (exact) mass is 264 g/mol. The third-order valence-corrected chi connectivity index (χ3v) is 2.89. The van der Waals surface area contributed by atoms with Gasteiger partial charge in [0, 0.05) is 13.6 Å². The van der Waals surface area contributed by atoms with Gasteiger partial charge in [-0.2, -0.15) is 0 Å². The van der Waals surface area contributed by atoms with Gasteiger partial charge in [0.1, 0.15) is 6.04 Å². The summed E-state index contributed by atoms with van der Waals surface area (Å²) < 4.78 is 0. The van der Waals surface area contributed by atoms with Crippen LogP contribution in [0.5, 0.6) is 0 Å². The average molecular weight is 264 g/mol. The number of carbonyl (C=O) groups excluding carboxylic acids is 1. The Morgan fingerprint density at radius 3 is 2.37 bits per heavy atom. The van der Waals surface area contributed by atoms with Crippen molar-refractivity contribution in [3.05, 3.63) is 35.4 Å². The normalized spacial score (nSPS) is 11.7. The molecule has 0 aliphatic heterocycles. The molecule has 0 spiro atoms. The molecular formula is C14H20N2O3. The number of aryl methyl sites for hydroxylation is 1. The van der Waals surface area contributed by atoms with Gasteiger partial charge in [-0.05, 0) is 18.9 Å². The number of urea groups is 1. The summed E-state index contributed by atoms with van der Waals surface area (Å²) in [5.41, 5.74) is 2.17. The highest BCUT2D eigenvalue weighted by atomic mass is 16.4. The number of hydrogen-bond acceptors (Lipinski definition) is 2. The van der Waals surface area contributed by atoms with Gasteiger partial charge < -0.3 is 15.3 Å². The van der Waals surface area contributed by atoms with Crippen LogP contribution in [0.3, 0.4) is 0 Å². The minimum atomic E-state index is -1.01. The topological polar surface area (TPSA) is 69.6 Å². The minimum Gasteiger partial charge on any atom is -0.480 e. The number of carbonyl (C=O) groups is 2. The molecule has 2 N–H and O–H groups in total. The zero-order valence-corrected chi connectivity index (χ0v) is 11.5. The molecule has 0 radical (unpaired) electrons. The number of nitrogens with zero attached hydrogens (tertiary/aromatic N) is 1. The van der Waals surface area contributed by atoms with Crippen molar-refractivity contribution in [3.63, 3.8) is 0 Å². The summed E-state index contributed by atoms with van der Waals surface area (Å²) in [5, 5.41) is 11.4. The van der Waals surface area contributed by atoms with Crippen LogP contribution in [0.25, 0.3) is 0 Å². The maximum absolute atomic E-state index is 11.8. The Morgan fingerprint density at radius 2 is 1.89 bits per heavy atom. The molecule has 5 nitrogen and oxygen atoms in total. The summed E-state index contributed by atoms with van der Waals surface area (Å²) in [6.07, 6.45) is 0.361. The fourth-order valence-corrected chi connectivity index (χ4v) is 1.64. The molecule has 5 heteroatoms. The average Bonchev–Trinajstić information content (AvgIpc) is 2.37. The summed E-state index contributed by atoms with van der Waals surface area (Å²) in [6, 6.07) is 6.64. The molecular weight excluding hydrogens is 244 g/mol. The van der Waals surface area contributed by atoms with E-state index in [-0.39, 0.29) is 6.03 Å². The fraction of sp³-hybridized carbons (Fsp3) is 0.429. The molecule has 104 valence electrons. The van der Waals surface area contributed by atoms with Crippen molar-refractivity contribution >= 4 is 12.0 Å². The van der Waals surface area contributed by atoms with Crippen LogP contribution in [0.2, 0.25) is 0 Å². The van der Waals surface area contributed by atoms with Crippen molar-refractivity contribution in [3.8, 4) is 0 Å². The zero-order chi connectivity index (χ0) is 14.4. The third kappa shape index (κ3) is 4.62. The van der Waals surface area contributed by atoms with Gasteiger partial charge in [-0.1, -0.05) is 36.8 Å². The minimum absolute atomic E-state index is 0.361. The van der Waals surface area contributed by atoms with Crippen molar-refractivity contribution in [1.82, 2.24) is 10.2 Å². The van der Waals surface area contributed by atoms with Crippen molar-refractivity contribution < 1.29 is 14.7 Å². The molecule has 2 amide bonds. The molecule has 0 bridgehead atoms. The quantitative estimate of drug-likeness (QED) is 0.854. The van der Waals surface area contributed by atoms with Crippen molar-refractivity contribution in [2.45, 2.75) is 32.9 Å². The summed E-state index contributed by atoms with van der Waals surface area (Å²) in [5.74, 6) is -1.01. The predicted octanol–water partition coefficient (Wildman–Crippen LogP) is 2.00. The van der Waals surface area contributed by atoms with E-state index in [1.165, 1.54) is 4.90 Å². The molecule has 19 heavy (non-hydrogen) atoms. The smallest absolute Gasteiger partial charge is 0.326 e. The number of benzene rings is 1. The van der Waals surface area contributed by atoms with E-state index in [4.69, 9.17) is 5.11 Å². The largest absolute Gasteiger partial charge is 0.480 e. The van der Waals surface area contributed by atoms with Gasteiger partial charge in [0.15, 0.2) is 0 Å². The van der Waals surface area contributed by atoms with Gasteiger partial charge in [0.2, 0.25) is 0 Å². The van der Waals surface area contributed by atoms with E-state index in [0.29, 0.717) is 13.0 Å². The standard InChI is InChI=1S/C14H20N2O3/c1-4-12(13(17)18)15-14(19)16(3)9-11-7-5-10(2)6-8-11/h5-8,12H,4,9H2,1-3H3,(H,15,19)(H,17,18). The third-order valence-electron chi connectivity index (χ3n) is 2.89. The van der Waals surface area contributed by atoms with Crippen molar-refractivity contribution in [2.24, 2.45) is 0 Å². The lowest BCUT2D eigenvalue weighted by atomic mass is 10.1. The zero-order valence-electron chi connectivity index (χ0n) is 11.5. The van der Waals surface area contributed by atoms with E-state index >= 15 is 0 Å². The van der Waals surface area contributed by atoms with Crippen LogP contribution in [-0.2, 0) is 11.3 Å². The molecule has 1 aromatic rings. The fourth-order valence-electron chi connectivity index (χ4n) is 1.64. The summed E-state index contributed by atoms with van der Waals surface area (Å²) >= 11 is 0. The van der Waals surface area contributed by atoms with E-state index in [1.54, 1.807) is 14.0 Å². The van der Waals surface area contributed by atoms with E-state index in [0.717, 1.165) is 11.1 Å². The van der Waals surface area contributed by atoms with Crippen LogP contribution in [0.4, 0.5) is 4.79 Å². The Bertz CT molecular complexity index is 443. The Labute approximate surface area is 113 Å². The number of amides is 2. The number of rotatable bonds is 5. The van der Waals surface area contributed by atoms with Gasteiger partial charge in [-0.25, -0.2) is 9.59 Å². The van der Waals surface area contributed by atoms with Gasteiger partial charge in [-0.3, -0.25) is 0 Å². The Balaban J connectivity index is 2.57. The Morgan fingerprint density at radius 1 is 1.32 bits per heavy atom. The van der Waals surface area contributed by atoms with Crippen molar-refractivity contribution in [1.29, 1.82) is 0 Å².